The van der Waals surface area contributed by atoms with Crippen LogP contribution in [-0.4, -0.2) is 48.4 Å². The van der Waals surface area contributed by atoms with E-state index in [9.17, 15) is 14.4 Å². The predicted octanol–water partition coefficient (Wildman–Crippen LogP) is 2.55. The molecule has 0 bridgehead atoms. The Morgan fingerprint density at radius 3 is 2.76 bits per heavy atom. The Bertz CT molecular complexity index is 772. The molecule has 0 saturated carbocycles. The summed E-state index contributed by atoms with van der Waals surface area (Å²) in [6.07, 6.45) is 5.64. The van der Waals surface area contributed by atoms with Crippen LogP contribution in [0.4, 0.5) is 0 Å². The highest BCUT2D eigenvalue weighted by molar-refractivity contribution is 5.92. The number of esters is 3. The first-order valence-electron chi connectivity index (χ1n) is 9.59. The van der Waals surface area contributed by atoms with E-state index in [2.05, 4.69) is 6.58 Å². The van der Waals surface area contributed by atoms with Crippen LogP contribution in [0.15, 0.2) is 47.1 Å². The number of allylic oxidation sites excluding steroid dienone is 2. The summed E-state index contributed by atoms with van der Waals surface area (Å²) in [6.45, 7) is 8.47. The van der Waals surface area contributed by atoms with E-state index < -0.39 is 36.0 Å². The maximum Gasteiger partial charge on any atom is 0.334 e. The zero-order valence-electron chi connectivity index (χ0n) is 17.1. The lowest BCUT2D eigenvalue weighted by atomic mass is 9.85. The van der Waals surface area contributed by atoms with E-state index in [-0.39, 0.29) is 30.8 Å². The van der Waals surface area contributed by atoms with Crippen molar-refractivity contribution in [2.24, 2.45) is 5.92 Å². The Morgan fingerprint density at radius 2 is 2.10 bits per heavy atom. The second kappa shape index (κ2) is 10.2. The van der Waals surface area contributed by atoms with Gasteiger partial charge >= 0.3 is 17.9 Å². The summed E-state index contributed by atoms with van der Waals surface area (Å²) in [4.78, 5) is 35.9. The topological polar surface area (TPSA) is 99.1 Å². The summed E-state index contributed by atoms with van der Waals surface area (Å²) < 4.78 is 16.3. The van der Waals surface area contributed by atoms with Crippen LogP contribution in [0.3, 0.4) is 0 Å². The molecule has 1 aliphatic carbocycles. The van der Waals surface area contributed by atoms with E-state index in [1.165, 1.54) is 13.0 Å². The van der Waals surface area contributed by atoms with Crippen molar-refractivity contribution < 1.29 is 33.7 Å². The molecular weight excluding hydrogens is 376 g/mol. The fraction of sp³-hybridized carbons (Fsp3) is 0.500. The predicted molar refractivity (Wildman–Crippen MR) is 106 cm³/mol. The average Bonchev–Trinajstić information content (AvgIpc) is 2.92. The lowest BCUT2D eigenvalue weighted by molar-refractivity contribution is -0.148. The molecule has 0 amide bonds. The van der Waals surface area contributed by atoms with E-state index >= 15 is 0 Å². The van der Waals surface area contributed by atoms with Gasteiger partial charge in [0.15, 0.2) is 0 Å². The molecule has 7 heteroatoms. The van der Waals surface area contributed by atoms with Gasteiger partial charge in [0.25, 0.3) is 0 Å². The minimum Gasteiger partial charge on any atom is -0.461 e. The van der Waals surface area contributed by atoms with Crippen LogP contribution < -0.4 is 0 Å². The zero-order chi connectivity index (χ0) is 21.6. The Labute approximate surface area is 170 Å². The van der Waals surface area contributed by atoms with Crippen molar-refractivity contribution in [2.75, 3.05) is 13.2 Å². The number of carbonyl (C=O) groups is 3. The summed E-state index contributed by atoms with van der Waals surface area (Å²) >= 11 is 0. The van der Waals surface area contributed by atoms with Crippen LogP contribution in [-0.2, 0) is 28.6 Å². The second-order valence-corrected chi connectivity index (χ2v) is 7.33. The number of aliphatic hydroxyl groups excluding tert-OH is 1. The summed E-state index contributed by atoms with van der Waals surface area (Å²) in [7, 11) is 0. The molecule has 1 saturated heterocycles. The Balaban J connectivity index is 2.39. The standard InChI is InChI=1S/C22H28O7/c1-13-6-5-7-17(12-27-16(4)24)11-19(28-21(25)14(2)8-9-23)20-15(3)22(26)29-18(20)10-13/h7-8,10,18-20,23H,3,5-6,9,11-12H2,1-2,4H3/b13-10-,14-8+,17-7+. The highest BCUT2D eigenvalue weighted by atomic mass is 16.6. The maximum atomic E-state index is 12.5. The molecule has 7 nitrogen and oxygen atoms in total. The van der Waals surface area contributed by atoms with Gasteiger partial charge in [-0.1, -0.05) is 18.2 Å². The molecule has 2 aliphatic rings. The first kappa shape index (κ1) is 22.6. The Morgan fingerprint density at radius 1 is 1.38 bits per heavy atom. The van der Waals surface area contributed by atoms with Crippen molar-refractivity contribution in [2.45, 2.75) is 52.2 Å². The Kier molecular flexibility index (Phi) is 7.96. The first-order chi connectivity index (χ1) is 13.7. The van der Waals surface area contributed by atoms with Gasteiger partial charge in [0.05, 0.1) is 12.5 Å². The SMILES string of the molecule is C=C1C(=O)OC2/C=C(/C)CC/C=C(/COC(C)=O)CC(OC(=O)/C(C)=C/CO)C12. The van der Waals surface area contributed by atoms with Gasteiger partial charge in [0.2, 0.25) is 0 Å². The number of rotatable bonds is 5. The van der Waals surface area contributed by atoms with Gasteiger partial charge in [-0.2, -0.15) is 0 Å². The number of hydrogen-bond acceptors (Lipinski definition) is 7. The number of aliphatic hydroxyl groups is 1. The summed E-state index contributed by atoms with van der Waals surface area (Å²) in [5.74, 6) is -2.07. The molecule has 0 spiro atoms. The largest absolute Gasteiger partial charge is 0.461 e. The fourth-order valence-electron chi connectivity index (χ4n) is 3.39. The van der Waals surface area contributed by atoms with E-state index in [0.29, 0.717) is 0 Å². The quantitative estimate of drug-likeness (QED) is 0.325. The Hall–Kier alpha value is -2.67. The molecule has 0 aromatic heterocycles. The molecule has 2 rings (SSSR count). The van der Waals surface area contributed by atoms with E-state index in [1.54, 1.807) is 6.92 Å². The summed E-state index contributed by atoms with van der Waals surface area (Å²) in [5.41, 5.74) is 2.33. The fourth-order valence-corrected chi connectivity index (χ4v) is 3.39. The number of ether oxygens (including phenoxy) is 3. The second-order valence-electron chi connectivity index (χ2n) is 7.33. The van der Waals surface area contributed by atoms with E-state index in [1.807, 2.05) is 19.1 Å². The minimum absolute atomic E-state index is 0.0796. The van der Waals surface area contributed by atoms with Gasteiger partial charge < -0.3 is 19.3 Å². The number of carbonyl (C=O) groups excluding carboxylic acids is 3. The third-order valence-electron chi connectivity index (χ3n) is 4.98. The number of hydrogen-bond donors (Lipinski definition) is 1. The van der Waals surface area contributed by atoms with Crippen molar-refractivity contribution in [1.29, 1.82) is 0 Å². The molecule has 29 heavy (non-hydrogen) atoms. The van der Waals surface area contributed by atoms with Crippen LogP contribution in [0.2, 0.25) is 0 Å². The van der Waals surface area contributed by atoms with Crippen LogP contribution in [0.5, 0.6) is 0 Å². The average molecular weight is 404 g/mol. The molecule has 0 radical (unpaired) electrons. The monoisotopic (exact) mass is 404 g/mol. The molecule has 3 atom stereocenters. The third-order valence-corrected chi connectivity index (χ3v) is 4.98. The minimum atomic E-state index is -0.738. The molecule has 3 unspecified atom stereocenters. The van der Waals surface area contributed by atoms with Crippen molar-refractivity contribution in [3.8, 4) is 0 Å². The maximum absolute atomic E-state index is 12.5. The van der Waals surface area contributed by atoms with Crippen LogP contribution in [0, 0.1) is 5.92 Å². The van der Waals surface area contributed by atoms with Gasteiger partial charge in [0.1, 0.15) is 18.8 Å². The highest BCUT2D eigenvalue weighted by Crippen LogP contribution is 2.36. The lowest BCUT2D eigenvalue weighted by Crippen LogP contribution is -2.34. The third kappa shape index (κ3) is 6.15. The molecule has 1 aliphatic heterocycles. The van der Waals surface area contributed by atoms with E-state index in [4.69, 9.17) is 19.3 Å². The molecule has 1 N–H and O–H groups in total. The summed E-state index contributed by atoms with van der Waals surface area (Å²) in [6, 6.07) is 0. The van der Waals surface area contributed by atoms with Crippen molar-refractivity contribution in [3.05, 3.63) is 47.1 Å². The van der Waals surface area contributed by atoms with Crippen molar-refractivity contribution in [3.63, 3.8) is 0 Å². The molecule has 1 heterocycles. The van der Waals surface area contributed by atoms with Gasteiger partial charge in [-0.05, 0) is 44.4 Å². The smallest absolute Gasteiger partial charge is 0.334 e. The van der Waals surface area contributed by atoms with Crippen molar-refractivity contribution in [1.82, 2.24) is 0 Å². The van der Waals surface area contributed by atoms with Crippen LogP contribution >= 0.6 is 0 Å². The van der Waals surface area contributed by atoms with Crippen LogP contribution in [0.25, 0.3) is 0 Å². The van der Waals surface area contributed by atoms with Crippen LogP contribution in [0.1, 0.15) is 40.0 Å². The molecule has 0 aromatic rings. The molecule has 0 aromatic carbocycles. The van der Waals surface area contributed by atoms with Gasteiger partial charge in [-0.25, -0.2) is 9.59 Å². The number of fused-ring (bicyclic) bond motifs is 1. The molecule has 1 fully saturated rings. The molecular formula is C22H28O7. The normalized spacial score (nSPS) is 29.0. The zero-order valence-corrected chi connectivity index (χ0v) is 17.1. The van der Waals surface area contributed by atoms with Gasteiger partial charge in [-0.15, -0.1) is 0 Å². The van der Waals surface area contributed by atoms with E-state index in [0.717, 1.165) is 24.0 Å². The van der Waals surface area contributed by atoms with Gasteiger partial charge in [0, 0.05) is 24.5 Å². The van der Waals surface area contributed by atoms with Gasteiger partial charge in [-0.3, -0.25) is 4.79 Å². The highest BCUT2D eigenvalue weighted by Gasteiger charge is 2.44. The summed E-state index contributed by atoms with van der Waals surface area (Å²) in [5, 5.41) is 9.03. The van der Waals surface area contributed by atoms with Crippen molar-refractivity contribution >= 4 is 17.9 Å². The first-order valence-corrected chi connectivity index (χ1v) is 9.59. The molecule has 158 valence electrons. The lowest BCUT2D eigenvalue weighted by Gasteiger charge is -2.28.